The van der Waals surface area contributed by atoms with E-state index in [0.29, 0.717) is 11.0 Å². The van der Waals surface area contributed by atoms with Gasteiger partial charge in [-0.25, -0.2) is 4.79 Å². The number of amides is 1. The summed E-state index contributed by atoms with van der Waals surface area (Å²) in [6, 6.07) is 8.33. The van der Waals surface area contributed by atoms with Crippen LogP contribution in [0.4, 0.5) is 11.4 Å². The molecule has 3 rings (SSSR count). The molecule has 0 saturated carbocycles. The van der Waals surface area contributed by atoms with Gasteiger partial charge in [-0.05, 0) is 30.3 Å². The maximum atomic E-state index is 12.1. The van der Waals surface area contributed by atoms with Gasteiger partial charge in [-0.1, -0.05) is 11.6 Å². The van der Waals surface area contributed by atoms with Crippen LogP contribution in [0.25, 0.3) is 11.0 Å². The predicted octanol–water partition coefficient (Wildman–Crippen LogP) is 2.99. The molecule has 10 heteroatoms. The summed E-state index contributed by atoms with van der Waals surface area (Å²) in [5.74, 6) is -1.48. The Morgan fingerprint density at radius 3 is 2.59 bits per heavy atom. The van der Waals surface area contributed by atoms with Crippen LogP contribution in [-0.2, 0) is 9.53 Å². The van der Waals surface area contributed by atoms with Crippen LogP contribution < -0.4 is 5.32 Å². The fourth-order valence-corrected chi connectivity index (χ4v) is 2.43. The van der Waals surface area contributed by atoms with Crippen molar-refractivity contribution < 1.29 is 19.2 Å². The third-order valence-corrected chi connectivity index (χ3v) is 3.70. The molecule has 0 aliphatic rings. The first-order chi connectivity index (χ1) is 12.9. The Morgan fingerprint density at radius 1 is 1.11 bits per heavy atom. The highest BCUT2D eigenvalue weighted by Crippen LogP contribution is 2.27. The van der Waals surface area contributed by atoms with Gasteiger partial charge in [0.25, 0.3) is 11.6 Å². The van der Waals surface area contributed by atoms with Crippen molar-refractivity contribution >= 4 is 45.9 Å². The highest BCUT2D eigenvalue weighted by Gasteiger charge is 2.17. The summed E-state index contributed by atoms with van der Waals surface area (Å²) in [5.41, 5.74) is 0.900. The molecule has 3 aromatic rings. The molecule has 0 spiro atoms. The van der Waals surface area contributed by atoms with Crippen LogP contribution in [0.1, 0.15) is 10.4 Å². The molecule has 136 valence electrons. The maximum Gasteiger partial charge on any atom is 0.338 e. The number of rotatable bonds is 5. The first kappa shape index (κ1) is 18.2. The van der Waals surface area contributed by atoms with Crippen molar-refractivity contribution in [1.82, 2.24) is 9.97 Å². The van der Waals surface area contributed by atoms with E-state index in [-0.39, 0.29) is 22.0 Å². The van der Waals surface area contributed by atoms with Crippen LogP contribution in [0.5, 0.6) is 0 Å². The number of carbonyl (C=O) groups excluding carboxylic acids is 2. The van der Waals surface area contributed by atoms with Crippen molar-refractivity contribution in [2.45, 2.75) is 0 Å². The van der Waals surface area contributed by atoms with Gasteiger partial charge < -0.3 is 10.1 Å². The molecule has 0 bridgehead atoms. The first-order valence-electron chi connectivity index (χ1n) is 7.56. The molecule has 0 aliphatic carbocycles. The van der Waals surface area contributed by atoms with Gasteiger partial charge in [0, 0.05) is 23.5 Å². The Bertz CT molecular complexity index is 1060. The second-order valence-corrected chi connectivity index (χ2v) is 5.74. The molecule has 0 aliphatic heterocycles. The van der Waals surface area contributed by atoms with Crippen molar-refractivity contribution in [3.8, 4) is 0 Å². The molecule has 9 nitrogen and oxygen atoms in total. The van der Waals surface area contributed by atoms with Gasteiger partial charge in [0.2, 0.25) is 0 Å². The Hall–Kier alpha value is -3.59. The normalized spacial score (nSPS) is 10.4. The molecule has 0 fully saturated rings. The molecular formula is C17H11ClN4O5. The second kappa shape index (κ2) is 7.75. The number of hydrogen-bond acceptors (Lipinski definition) is 7. The van der Waals surface area contributed by atoms with Crippen molar-refractivity contribution in [3.63, 3.8) is 0 Å². The average molecular weight is 387 g/mol. The van der Waals surface area contributed by atoms with Crippen LogP contribution in [0.15, 0.2) is 48.8 Å². The third-order valence-electron chi connectivity index (χ3n) is 3.47. The quantitative estimate of drug-likeness (QED) is 0.406. The summed E-state index contributed by atoms with van der Waals surface area (Å²) in [4.78, 5) is 42.6. The smallest absolute Gasteiger partial charge is 0.338 e. The van der Waals surface area contributed by atoms with E-state index in [4.69, 9.17) is 16.3 Å². The van der Waals surface area contributed by atoms with Crippen molar-refractivity contribution in [1.29, 1.82) is 0 Å². The Morgan fingerprint density at radius 2 is 1.85 bits per heavy atom. The van der Waals surface area contributed by atoms with E-state index < -0.39 is 23.4 Å². The lowest BCUT2D eigenvalue weighted by Crippen LogP contribution is -2.21. The fourth-order valence-electron chi connectivity index (χ4n) is 2.26. The summed E-state index contributed by atoms with van der Waals surface area (Å²) in [7, 11) is 0. The fraction of sp³-hybridized carbons (Fsp3) is 0.0588. The minimum atomic E-state index is -0.741. The van der Waals surface area contributed by atoms with E-state index >= 15 is 0 Å². The second-order valence-electron chi connectivity index (χ2n) is 5.30. The van der Waals surface area contributed by atoms with E-state index in [0.717, 1.165) is 0 Å². The largest absolute Gasteiger partial charge is 0.452 e. The van der Waals surface area contributed by atoms with Gasteiger partial charge in [-0.3, -0.25) is 24.9 Å². The summed E-state index contributed by atoms with van der Waals surface area (Å²) in [6.45, 7) is -0.624. The monoisotopic (exact) mass is 386 g/mol. The zero-order valence-electron chi connectivity index (χ0n) is 13.6. The Kier molecular flexibility index (Phi) is 5.23. The molecule has 0 unspecified atom stereocenters. The molecule has 0 radical (unpaired) electrons. The van der Waals surface area contributed by atoms with Gasteiger partial charge in [0.15, 0.2) is 6.61 Å². The van der Waals surface area contributed by atoms with Crippen LogP contribution in [0.3, 0.4) is 0 Å². The van der Waals surface area contributed by atoms with Crippen LogP contribution in [0.2, 0.25) is 5.02 Å². The molecular weight excluding hydrogens is 376 g/mol. The summed E-state index contributed by atoms with van der Waals surface area (Å²) in [6.07, 6.45) is 3.02. The number of nitrogens with zero attached hydrogens (tertiary/aromatic N) is 3. The van der Waals surface area contributed by atoms with Crippen molar-refractivity contribution in [2.75, 3.05) is 11.9 Å². The predicted molar refractivity (Wildman–Crippen MR) is 96.6 cm³/mol. The number of nitro benzene ring substituents is 1. The Labute approximate surface area is 157 Å². The Balaban J connectivity index is 1.66. The zero-order valence-corrected chi connectivity index (χ0v) is 14.3. The number of anilines is 1. The van der Waals surface area contributed by atoms with Gasteiger partial charge in [0.1, 0.15) is 5.69 Å². The molecule has 2 aromatic carbocycles. The van der Waals surface area contributed by atoms with Crippen LogP contribution >= 0.6 is 11.6 Å². The van der Waals surface area contributed by atoms with Gasteiger partial charge in [0.05, 0.1) is 21.5 Å². The molecule has 1 heterocycles. The molecule has 1 N–H and O–H groups in total. The van der Waals surface area contributed by atoms with Crippen molar-refractivity contribution in [3.05, 3.63) is 69.5 Å². The molecule has 0 atom stereocenters. The van der Waals surface area contributed by atoms with E-state index in [1.54, 1.807) is 6.07 Å². The van der Waals surface area contributed by atoms with E-state index in [2.05, 4.69) is 15.3 Å². The number of nitrogens with one attached hydrogen (secondary N) is 1. The topological polar surface area (TPSA) is 124 Å². The number of hydrogen-bond donors (Lipinski definition) is 1. The number of nitro groups is 1. The highest BCUT2D eigenvalue weighted by atomic mass is 35.5. The van der Waals surface area contributed by atoms with Gasteiger partial charge in [-0.2, -0.15) is 0 Å². The van der Waals surface area contributed by atoms with Crippen LogP contribution in [0, 0.1) is 10.1 Å². The number of esters is 1. The third kappa shape index (κ3) is 4.33. The molecule has 27 heavy (non-hydrogen) atoms. The number of carbonyl (C=O) groups is 2. The number of ether oxygens (including phenoxy) is 1. The van der Waals surface area contributed by atoms with Gasteiger partial charge >= 0.3 is 5.97 Å². The van der Waals surface area contributed by atoms with E-state index in [9.17, 15) is 19.7 Å². The van der Waals surface area contributed by atoms with Gasteiger partial charge in [-0.15, -0.1) is 0 Å². The lowest BCUT2D eigenvalue weighted by molar-refractivity contribution is -0.383. The highest BCUT2D eigenvalue weighted by molar-refractivity contribution is 6.31. The molecule has 1 amide bonds. The lowest BCUT2D eigenvalue weighted by atomic mass is 10.2. The first-order valence-corrected chi connectivity index (χ1v) is 7.93. The molecule has 1 aromatic heterocycles. The van der Waals surface area contributed by atoms with E-state index in [1.807, 2.05) is 0 Å². The summed E-state index contributed by atoms with van der Waals surface area (Å²) < 4.78 is 4.94. The number of fused-ring (bicyclic) bond motifs is 1. The average Bonchev–Trinajstić information content (AvgIpc) is 2.65. The van der Waals surface area contributed by atoms with Crippen molar-refractivity contribution in [2.24, 2.45) is 0 Å². The minimum absolute atomic E-state index is 0.0884. The molecule has 0 saturated heterocycles. The summed E-state index contributed by atoms with van der Waals surface area (Å²) in [5, 5.41) is 13.5. The minimum Gasteiger partial charge on any atom is -0.452 e. The van der Waals surface area contributed by atoms with Crippen LogP contribution in [-0.4, -0.2) is 33.4 Å². The zero-order chi connectivity index (χ0) is 19.4. The maximum absolute atomic E-state index is 12.1. The lowest BCUT2D eigenvalue weighted by Gasteiger charge is -2.08. The van der Waals surface area contributed by atoms with E-state index in [1.165, 1.54) is 42.7 Å². The number of benzene rings is 2. The standard InChI is InChI=1S/C17H11ClN4O5/c18-11-2-4-15(22(25)26)14(8-11)21-16(23)9-27-17(24)10-1-3-12-13(7-10)20-6-5-19-12/h1-8H,9H2,(H,21,23). The number of halogens is 1. The SMILES string of the molecule is O=C(COC(=O)c1ccc2nccnc2c1)Nc1cc(Cl)ccc1[N+](=O)[O-]. The summed E-state index contributed by atoms with van der Waals surface area (Å²) >= 11 is 5.79. The number of aromatic nitrogens is 2.